The molecule has 1 aromatic rings. The molecule has 0 fully saturated rings. The van der Waals surface area contributed by atoms with Gasteiger partial charge in [-0.2, -0.15) is 10.4 Å². The molecule has 6 heteroatoms. The second-order valence-electron chi connectivity index (χ2n) is 3.85. The molecule has 1 aromatic heterocycles. The van der Waals surface area contributed by atoms with Crippen LogP contribution in [0.15, 0.2) is 5.10 Å². The van der Waals surface area contributed by atoms with Crippen LogP contribution in [0.25, 0.3) is 5.70 Å². The highest BCUT2D eigenvalue weighted by Crippen LogP contribution is 1.96. The fourth-order valence-electron chi connectivity index (χ4n) is 1.60. The van der Waals surface area contributed by atoms with Gasteiger partial charge in [-0.25, -0.2) is 4.98 Å². The number of hydrogen-bond acceptors (Lipinski definition) is 5. The Morgan fingerprint density at radius 3 is 2.94 bits per heavy atom. The molecule has 2 rings (SSSR count). The smallest absolute Gasteiger partial charge is 0.222 e. The summed E-state index contributed by atoms with van der Waals surface area (Å²) in [6, 6.07) is 0. The van der Waals surface area contributed by atoms with Gasteiger partial charge in [0.25, 0.3) is 0 Å². The standard InChI is InChI=1S/C10H16N6/c1-3-4-5-12-9-8-7(6(2)15-16-8)13-10(11)14-9/h3-5H2,1-2H3,(H,15,16)(H3,11,12,13,14)/p+1. The summed E-state index contributed by atoms with van der Waals surface area (Å²) in [5.41, 5.74) is 8.49. The molecule has 0 saturated heterocycles. The first-order valence-electron chi connectivity index (χ1n) is 5.51. The second kappa shape index (κ2) is 4.44. The van der Waals surface area contributed by atoms with Crippen molar-refractivity contribution in [1.82, 2.24) is 9.97 Å². The monoisotopic (exact) mass is 221 g/mol. The molecule has 0 spiro atoms. The number of aromatic nitrogens is 2. The zero-order valence-corrected chi connectivity index (χ0v) is 9.62. The van der Waals surface area contributed by atoms with Crippen molar-refractivity contribution in [1.29, 1.82) is 0 Å². The Bertz CT molecular complexity index is 507. The predicted molar refractivity (Wildman–Crippen MR) is 61.6 cm³/mol. The second-order valence-corrected chi connectivity index (χ2v) is 3.85. The van der Waals surface area contributed by atoms with E-state index in [1.807, 2.05) is 6.92 Å². The molecule has 86 valence electrons. The Morgan fingerprint density at radius 2 is 2.19 bits per heavy atom. The van der Waals surface area contributed by atoms with E-state index in [-0.39, 0.29) is 0 Å². The zero-order valence-electron chi connectivity index (χ0n) is 9.62. The normalized spacial score (nSPS) is 13.5. The average molecular weight is 221 g/mol. The minimum atomic E-state index is 0.294. The maximum atomic E-state index is 5.67. The molecule has 0 amide bonds. The quantitative estimate of drug-likeness (QED) is 0.426. The van der Waals surface area contributed by atoms with Gasteiger partial charge in [0.1, 0.15) is 0 Å². The Hall–Kier alpha value is -1.69. The number of hydrogen-bond donors (Lipinski definition) is 3. The largest absolute Gasteiger partial charge is 0.368 e. The summed E-state index contributed by atoms with van der Waals surface area (Å²) in [6.45, 7) is 5.00. The molecule has 0 unspecified atom stereocenters. The number of nitrogens with one attached hydrogen (secondary N) is 1. The third-order valence-corrected chi connectivity index (χ3v) is 2.48. The van der Waals surface area contributed by atoms with Gasteiger partial charge in [0, 0.05) is 13.5 Å². The molecule has 2 heterocycles. The van der Waals surface area contributed by atoms with Crippen LogP contribution < -0.4 is 27.2 Å². The Kier molecular flexibility index (Phi) is 3.00. The first-order valence-corrected chi connectivity index (χ1v) is 5.51. The van der Waals surface area contributed by atoms with Crippen LogP contribution in [0.3, 0.4) is 0 Å². The van der Waals surface area contributed by atoms with Gasteiger partial charge < -0.3 is 11.1 Å². The third kappa shape index (κ3) is 1.96. The Balaban J connectivity index is 2.37. The van der Waals surface area contributed by atoms with Crippen molar-refractivity contribution in [3.63, 3.8) is 0 Å². The molecule has 1 aliphatic rings. The molecule has 6 nitrogen and oxygen atoms in total. The third-order valence-electron chi connectivity index (χ3n) is 2.48. The van der Waals surface area contributed by atoms with E-state index in [0.29, 0.717) is 5.95 Å². The molecule has 0 radical (unpaired) electrons. The lowest BCUT2D eigenvalue weighted by Gasteiger charge is -2.03. The molecular weight excluding hydrogens is 204 g/mol. The van der Waals surface area contributed by atoms with E-state index in [1.165, 1.54) is 0 Å². The number of anilines is 2. The van der Waals surface area contributed by atoms with E-state index in [9.17, 15) is 0 Å². The van der Waals surface area contributed by atoms with Crippen molar-refractivity contribution >= 4 is 17.5 Å². The lowest BCUT2D eigenvalue weighted by molar-refractivity contribution is -0.572. The van der Waals surface area contributed by atoms with Gasteiger partial charge in [0.05, 0.1) is 0 Å². The summed E-state index contributed by atoms with van der Waals surface area (Å²) in [5.74, 6) is 1.03. The lowest BCUT2D eigenvalue weighted by Crippen LogP contribution is -2.73. The van der Waals surface area contributed by atoms with Crippen LogP contribution in [0.5, 0.6) is 0 Å². The van der Waals surface area contributed by atoms with Crippen molar-refractivity contribution in [2.24, 2.45) is 5.10 Å². The summed E-state index contributed by atoms with van der Waals surface area (Å²) in [6.07, 6.45) is 2.25. The van der Waals surface area contributed by atoms with Crippen LogP contribution in [0.4, 0.5) is 11.8 Å². The highest BCUT2D eigenvalue weighted by Gasteiger charge is 2.13. The first-order chi connectivity index (χ1) is 7.72. The molecule has 0 bridgehead atoms. The Morgan fingerprint density at radius 1 is 1.38 bits per heavy atom. The van der Waals surface area contributed by atoms with Gasteiger partial charge in [-0.15, -0.1) is 0 Å². The highest BCUT2D eigenvalue weighted by atomic mass is 15.3. The fourth-order valence-corrected chi connectivity index (χ4v) is 1.60. The summed E-state index contributed by atoms with van der Waals surface area (Å²) in [7, 11) is 0. The van der Waals surface area contributed by atoms with Gasteiger partial charge >= 0.3 is 0 Å². The average Bonchev–Trinajstić information content (AvgIpc) is 2.61. The van der Waals surface area contributed by atoms with E-state index < -0.39 is 0 Å². The van der Waals surface area contributed by atoms with Crippen LogP contribution >= 0.6 is 0 Å². The fraction of sp³-hybridized carbons (Fsp3) is 0.500. The topological polar surface area (TPSA) is 92.8 Å². The zero-order chi connectivity index (χ0) is 11.5. The van der Waals surface area contributed by atoms with Gasteiger partial charge in [-0.05, 0) is 6.42 Å². The van der Waals surface area contributed by atoms with Crippen molar-refractivity contribution in [3.05, 3.63) is 10.7 Å². The number of rotatable bonds is 4. The van der Waals surface area contributed by atoms with Gasteiger partial charge in [-0.3, -0.25) is 0 Å². The van der Waals surface area contributed by atoms with Crippen LogP contribution in [0.1, 0.15) is 26.7 Å². The molecule has 16 heavy (non-hydrogen) atoms. The van der Waals surface area contributed by atoms with Crippen molar-refractivity contribution in [3.8, 4) is 0 Å². The molecule has 5 N–H and O–H groups in total. The predicted octanol–water partition coefficient (Wildman–Crippen LogP) is -1.49. The molecular formula is C10H17N6+. The summed E-state index contributed by atoms with van der Waals surface area (Å²) >= 11 is 0. The van der Waals surface area contributed by atoms with E-state index in [1.54, 1.807) is 5.43 Å². The number of nitrogen functional groups attached to an aromatic ring is 1. The summed E-state index contributed by atoms with van der Waals surface area (Å²) < 4.78 is 0. The van der Waals surface area contributed by atoms with Crippen LogP contribution in [-0.4, -0.2) is 16.5 Å². The highest BCUT2D eigenvalue weighted by molar-refractivity contribution is 5.42. The SMILES string of the molecule is CCCCNc1nc(N)nc2c1=N[NH2+]C=2C. The van der Waals surface area contributed by atoms with Gasteiger partial charge in [0.2, 0.25) is 5.95 Å². The number of fused-ring (bicyclic) bond motifs is 1. The van der Waals surface area contributed by atoms with Gasteiger partial charge in [-0.1, -0.05) is 18.4 Å². The van der Waals surface area contributed by atoms with E-state index in [0.717, 1.165) is 41.6 Å². The van der Waals surface area contributed by atoms with E-state index >= 15 is 0 Å². The first kappa shape index (κ1) is 10.8. The maximum absolute atomic E-state index is 5.67. The van der Waals surface area contributed by atoms with Crippen molar-refractivity contribution in [2.75, 3.05) is 17.6 Å². The van der Waals surface area contributed by atoms with Gasteiger partial charge in [0.15, 0.2) is 22.2 Å². The lowest BCUT2D eigenvalue weighted by atomic mass is 10.3. The molecule has 1 aliphatic heterocycles. The van der Waals surface area contributed by atoms with Crippen LogP contribution in [0, 0.1) is 0 Å². The number of nitrogens with zero attached hydrogens (tertiary/aromatic N) is 3. The summed E-state index contributed by atoms with van der Waals surface area (Å²) in [4.78, 5) is 8.37. The molecule has 0 aromatic carbocycles. The summed E-state index contributed by atoms with van der Waals surface area (Å²) in [5, 5.41) is 9.19. The van der Waals surface area contributed by atoms with E-state index in [2.05, 4.69) is 27.3 Å². The number of nitrogens with two attached hydrogens (primary N) is 2. The minimum absolute atomic E-state index is 0.294. The molecule has 0 saturated carbocycles. The van der Waals surface area contributed by atoms with Crippen molar-refractivity contribution in [2.45, 2.75) is 26.7 Å². The van der Waals surface area contributed by atoms with Crippen LogP contribution in [-0.2, 0) is 0 Å². The maximum Gasteiger partial charge on any atom is 0.222 e. The Labute approximate surface area is 93.7 Å². The number of quaternary nitrogens is 1. The molecule has 0 aliphatic carbocycles. The van der Waals surface area contributed by atoms with Crippen LogP contribution in [0.2, 0.25) is 0 Å². The molecule has 0 atom stereocenters. The van der Waals surface area contributed by atoms with Crippen molar-refractivity contribution < 1.29 is 5.43 Å². The minimum Gasteiger partial charge on any atom is -0.368 e. The van der Waals surface area contributed by atoms with E-state index in [4.69, 9.17) is 5.73 Å². The number of unbranched alkanes of at least 4 members (excludes halogenated alkanes) is 1.